The molecule has 2 unspecified atom stereocenters. The zero-order valence-electron chi connectivity index (χ0n) is 23.0. The van der Waals surface area contributed by atoms with E-state index in [-0.39, 0.29) is 14.2 Å². The molecule has 5 nitrogen and oxygen atoms in total. The third-order valence-corrected chi connectivity index (χ3v) is 9.54. The molecule has 2 N–H and O–H groups in total. The molecule has 206 valence electrons. The highest BCUT2D eigenvalue weighted by atomic mass is 127. The summed E-state index contributed by atoms with van der Waals surface area (Å²) in [5.74, 6) is 0. The second-order valence-corrected chi connectivity index (χ2v) is 23.4. The SMILES string of the molecule is CC(I)C(C)N(CCN(CCNCCNCCN(C(C)(C)I)C(C)(C)I)C(C)(C)I)C(C)(C)I. The Labute approximate surface area is 280 Å². The molecule has 0 aromatic heterocycles. The normalized spacial score (nSPS) is 16.1. The number of halogens is 5. The van der Waals surface area contributed by atoms with Crippen molar-refractivity contribution < 1.29 is 0 Å². The van der Waals surface area contributed by atoms with Crippen LogP contribution < -0.4 is 10.6 Å². The fourth-order valence-corrected chi connectivity index (χ4v) is 7.77. The minimum Gasteiger partial charge on any atom is -0.314 e. The number of nitrogens with zero attached hydrogens (tertiary/aromatic N) is 3. The molecule has 0 saturated heterocycles. The molecule has 0 radical (unpaired) electrons. The Morgan fingerprint density at radius 1 is 0.588 bits per heavy atom. The number of alkyl halides is 5. The van der Waals surface area contributed by atoms with Gasteiger partial charge in [-0.05, 0) is 62.3 Å². The van der Waals surface area contributed by atoms with Crippen molar-refractivity contribution in [2.24, 2.45) is 0 Å². The first-order valence-electron chi connectivity index (χ1n) is 12.3. The van der Waals surface area contributed by atoms with Gasteiger partial charge in [0.2, 0.25) is 0 Å². The quantitative estimate of drug-likeness (QED) is 0.0672. The van der Waals surface area contributed by atoms with E-state index >= 15 is 0 Å². The lowest BCUT2D eigenvalue weighted by Gasteiger charge is -2.43. The van der Waals surface area contributed by atoms with Gasteiger partial charge in [0.1, 0.15) is 0 Å². The number of rotatable bonds is 18. The molecular weight excluding hydrogens is 993 g/mol. The summed E-state index contributed by atoms with van der Waals surface area (Å²) in [7, 11) is 0. The zero-order chi connectivity index (χ0) is 27.0. The molecule has 0 heterocycles. The largest absolute Gasteiger partial charge is 0.314 e. The van der Waals surface area contributed by atoms with E-state index in [0.29, 0.717) is 9.97 Å². The van der Waals surface area contributed by atoms with Crippen LogP contribution in [-0.2, 0) is 0 Å². The molecule has 0 saturated carbocycles. The Bertz CT molecular complexity index is 536. The molecular formula is C24H50I5N5. The maximum atomic E-state index is 3.66. The Kier molecular flexibility index (Phi) is 18.3. The van der Waals surface area contributed by atoms with Gasteiger partial charge in [0.05, 0.1) is 14.2 Å². The molecule has 10 heteroatoms. The van der Waals surface area contributed by atoms with E-state index in [1.165, 1.54) is 0 Å². The molecule has 0 fully saturated rings. The maximum absolute atomic E-state index is 3.66. The van der Waals surface area contributed by atoms with Crippen LogP contribution in [0.4, 0.5) is 0 Å². The summed E-state index contributed by atoms with van der Waals surface area (Å²) < 4.78 is 1.20. The Balaban J connectivity index is 4.51. The van der Waals surface area contributed by atoms with Gasteiger partial charge in [-0.3, -0.25) is 14.7 Å². The van der Waals surface area contributed by atoms with Crippen LogP contribution in [0.2, 0.25) is 0 Å². The van der Waals surface area contributed by atoms with Crippen LogP contribution in [0.5, 0.6) is 0 Å². The van der Waals surface area contributed by atoms with E-state index in [0.717, 1.165) is 52.4 Å². The lowest BCUT2D eigenvalue weighted by atomic mass is 10.1. The van der Waals surface area contributed by atoms with Crippen LogP contribution in [0, 0.1) is 0 Å². The fourth-order valence-electron chi connectivity index (χ4n) is 4.07. The molecule has 34 heavy (non-hydrogen) atoms. The van der Waals surface area contributed by atoms with Crippen molar-refractivity contribution in [3.05, 3.63) is 0 Å². The standard InChI is InChI=1S/C24H50I5N5/c1-19(25)20(2)33(22(5,6)27)18-17-32(21(3,4)26)15-13-30-11-12-31-14-16-34(23(7,8)28)24(9,10)29/h19-20,30-31H,11-18H2,1-10H3. The predicted molar refractivity (Wildman–Crippen MR) is 196 cm³/mol. The number of nitrogens with one attached hydrogen (secondary N) is 2. The lowest BCUT2D eigenvalue weighted by Crippen LogP contribution is -2.53. The summed E-state index contributed by atoms with van der Waals surface area (Å²) >= 11 is 12.9. The van der Waals surface area contributed by atoms with Gasteiger partial charge in [-0.15, -0.1) is 0 Å². The van der Waals surface area contributed by atoms with Crippen molar-refractivity contribution in [2.75, 3.05) is 52.4 Å². The minimum atomic E-state index is 0.139. The van der Waals surface area contributed by atoms with E-state index in [1.807, 2.05) is 0 Å². The van der Waals surface area contributed by atoms with Gasteiger partial charge in [0.25, 0.3) is 0 Å². The highest BCUT2D eigenvalue weighted by Crippen LogP contribution is 2.34. The second kappa shape index (κ2) is 16.7. The summed E-state index contributed by atoms with van der Waals surface area (Å²) in [6, 6.07) is 0.558. The second-order valence-electron chi connectivity index (χ2n) is 10.9. The monoisotopic (exact) mass is 1040 g/mol. The van der Waals surface area contributed by atoms with Crippen molar-refractivity contribution in [1.29, 1.82) is 0 Å². The summed E-state index contributed by atoms with van der Waals surface area (Å²) in [4.78, 5) is 7.84. The van der Waals surface area contributed by atoms with Crippen LogP contribution in [0.25, 0.3) is 0 Å². The number of hydrogen-bond donors (Lipinski definition) is 2. The average Bonchev–Trinajstić information content (AvgIpc) is 2.60. The summed E-state index contributed by atoms with van der Waals surface area (Å²) in [5, 5.41) is 7.28. The third kappa shape index (κ3) is 15.9. The van der Waals surface area contributed by atoms with Gasteiger partial charge in [0.15, 0.2) is 0 Å². The van der Waals surface area contributed by atoms with Crippen molar-refractivity contribution in [2.45, 2.75) is 93.4 Å². The van der Waals surface area contributed by atoms with E-state index in [9.17, 15) is 0 Å². The number of hydrogen-bond acceptors (Lipinski definition) is 5. The van der Waals surface area contributed by atoms with Crippen LogP contribution in [-0.4, -0.2) is 91.2 Å². The van der Waals surface area contributed by atoms with Gasteiger partial charge in [-0.25, -0.2) is 0 Å². The minimum absolute atomic E-state index is 0.139. The molecule has 0 aliphatic carbocycles. The Morgan fingerprint density at radius 2 is 1.03 bits per heavy atom. The van der Waals surface area contributed by atoms with Crippen LogP contribution in [0.3, 0.4) is 0 Å². The van der Waals surface area contributed by atoms with Crippen LogP contribution in [0.1, 0.15) is 69.2 Å². The average molecular weight is 1040 g/mol. The van der Waals surface area contributed by atoms with Gasteiger partial charge < -0.3 is 10.6 Å². The first-order chi connectivity index (χ1) is 15.2. The molecule has 0 aromatic rings. The summed E-state index contributed by atoms with van der Waals surface area (Å²) in [6.45, 7) is 31.5. The van der Waals surface area contributed by atoms with E-state index < -0.39 is 0 Å². The molecule has 0 amide bonds. The molecule has 0 aromatic carbocycles. The van der Waals surface area contributed by atoms with E-state index in [4.69, 9.17) is 0 Å². The first kappa shape index (κ1) is 37.5. The van der Waals surface area contributed by atoms with Crippen molar-refractivity contribution in [1.82, 2.24) is 25.3 Å². The molecule has 0 rings (SSSR count). The summed E-state index contributed by atoms with van der Waals surface area (Å²) in [5.41, 5.74) is 0. The summed E-state index contributed by atoms with van der Waals surface area (Å²) in [6.07, 6.45) is 0. The highest BCUT2D eigenvalue weighted by molar-refractivity contribution is 14.1. The molecule has 0 spiro atoms. The topological polar surface area (TPSA) is 33.8 Å². The van der Waals surface area contributed by atoms with Gasteiger partial charge in [0, 0.05) is 62.3 Å². The zero-order valence-corrected chi connectivity index (χ0v) is 33.8. The fraction of sp³-hybridized carbons (Fsp3) is 1.00. The Hall–Kier alpha value is 3.45. The predicted octanol–water partition coefficient (Wildman–Crippen LogP) is 6.97. The van der Waals surface area contributed by atoms with Gasteiger partial charge >= 0.3 is 0 Å². The Morgan fingerprint density at radius 3 is 1.38 bits per heavy atom. The van der Waals surface area contributed by atoms with Crippen molar-refractivity contribution in [3.63, 3.8) is 0 Å². The highest BCUT2D eigenvalue weighted by Gasteiger charge is 2.34. The molecule has 0 aliphatic rings. The molecule has 2 atom stereocenters. The first-order valence-corrected chi connectivity index (χ1v) is 17.9. The van der Waals surface area contributed by atoms with E-state index in [1.54, 1.807) is 0 Å². The van der Waals surface area contributed by atoms with E-state index in [2.05, 4.69) is 208 Å². The smallest absolute Gasteiger partial charge is 0.0684 e. The van der Waals surface area contributed by atoms with Crippen molar-refractivity contribution >= 4 is 113 Å². The van der Waals surface area contributed by atoms with Crippen LogP contribution in [0.15, 0.2) is 0 Å². The van der Waals surface area contributed by atoms with Gasteiger partial charge in [-0.2, -0.15) is 0 Å². The van der Waals surface area contributed by atoms with Gasteiger partial charge in [-0.1, -0.05) is 120 Å². The lowest BCUT2D eigenvalue weighted by molar-refractivity contribution is 0.114. The molecule has 0 aliphatic heterocycles. The third-order valence-electron chi connectivity index (χ3n) is 6.04. The molecule has 0 bridgehead atoms. The van der Waals surface area contributed by atoms with Crippen molar-refractivity contribution in [3.8, 4) is 0 Å². The van der Waals surface area contributed by atoms with Crippen LogP contribution >= 0.6 is 113 Å². The maximum Gasteiger partial charge on any atom is 0.0684 e.